The molecule has 1 aromatic carbocycles. The summed E-state index contributed by atoms with van der Waals surface area (Å²) in [6, 6.07) is 7.96. The topological polar surface area (TPSA) is 35.5 Å². The molecule has 0 bridgehead atoms. The van der Waals surface area contributed by atoms with Gasteiger partial charge in [-0.15, -0.1) is 0 Å². The molecule has 0 radical (unpaired) electrons. The largest absolute Gasteiger partial charge is 0.424 e. The van der Waals surface area contributed by atoms with Gasteiger partial charge in [0.05, 0.1) is 6.61 Å². The van der Waals surface area contributed by atoms with Crippen LogP contribution in [-0.2, 0) is 13.6 Å². The molecule has 2 atom stereocenters. The average molecular weight is 275 g/mol. The Morgan fingerprint density at radius 3 is 2.53 bits per heavy atom. The van der Waals surface area contributed by atoms with E-state index in [1.165, 1.54) is 5.56 Å². The molecule has 2 unspecified atom stereocenters. The van der Waals surface area contributed by atoms with Crippen LogP contribution < -0.4 is 0 Å². The number of hydrogen-bond acceptors (Lipinski definition) is 3. The second kappa shape index (κ2) is 4.40. The number of rotatable bonds is 1. The summed E-state index contributed by atoms with van der Waals surface area (Å²) in [4.78, 5) is 0. The highest BCUT2D eigenvalue weighted by Gasteiger charge is 2.44. The number of aryl methyl sites for hydroxylation is 1. The maximum atomic E-state index is 11.7. The minimum absolute atomic E-state index is 0.252. The Kier molecular flexibility index (Phi) is 3.39. The maximum Gasteiger partial charge on any atom is 0.424 e. The fourth-order valence-electron chi connectivity index (χ4n) is 1.87. The Balaban J connectivity index is 2.33. The van der Waals surface area contributed by atoms with Crippen LogP contribution in [0.5, 0.6) is 0 Å². The minimum atomic E-state index is -3.43. The van der Waals surface area contributed by atoms with Crippen molar-refractivity contribution < 1.29 is 13.6 Å². The molecule has 5 heteroatoms. The zero-order valence-corrected chi connectivity index (χ0v) is 11.8. The Hall–Kier alpha value is -0.340. The summed E-state index contributed by atoms with van der Waals surface area (Å²) in [5.41, 5.74) is 1.90. The molecule has 0 saturated carbocycles. The fraction of sp³-hybridized carbons (Fsp3) is 0.500. The van der Waals surface area contributed by atoms with Gasteiger partial charge in [0.25, 0.3) is 0 Å². The third-order valence-electron chi connectivity index (χ3n) is 2.91. The minimum Gasteiger partial charge on any atom is -0.296 e. The second-order valence-corrected chi connectivity index (χ2v) is 7.66. The van der Waals surface area contributed by atoms with Gasteiger partial charge >= 0.3 is 6.95 Å². The summed E-state index contributed by atoms with van der Waals surface area (Å²) >= 11 is 5.69. The molecule has 1 aliphatic heterocycles. The second-order valence-electron chi connectivity index (χ2n) is 5.09. The van der Waals surface area contributed by atoms with E-state index in [0.717, 1.165) is 5.56 Å². The lowest BCUT2D eigenvalue weighted by Gasteiger charge is -2.39. The van der Waals surface area contributed by atoms with Crippen LogP contribution in [0.15, 0.2) is 24.3 Å². The molecule has 3 nitrogen and oxygen atoms in total. The van der Waals surface area contributed by atoms with Crippen molar-refractivity contribution in [1.82, 2.24) is 0 Å². The first-order valence-corrected chi connectivity index (χ1v) is 7.94. The highest BCUT2D eigenvalue weighted by atomic mass is 35.7. The predicted molar refractivity (Wildman–Crippen MR) is 68.2 cm³/mol. The van der Waals surface area contributed by atoms with Gasteiger partial charge in [0.15, 0.2) is 0 Å². The summed E-state index contributed by atoms with van der Waals surface area (Å²) in [7, 11) is 0. The highest BCUT2D eigenvalue weighted by Crippen LogP contribution is 2.63. The number of benzene rings is 1. The van der Waals surface area contributed by atoms with Gasteiger partial charge in [-0.3, -0.25) is 9.05 Å². The molecule has 0 amide bonds. The molecule has 0 aromatic heterocycles. The Morgan fingerprint density at radius 2 is 1.94 bits per heavy atom. The van der Waals surface area contributed by atoms with E-state index < -0.39 is 6.95 Å². The molecule has 1 heterocycles. The van der Waals surface area contributed by atoms with E-state index >= 15 is 0 Å². The van der Waals surface area contributed by atoms with Crippen molar-refractivity contribution in [2.45, 2.75) is 26.9 Å². The van der Waals surface area contributed by atoms with Gasteiger partial charge in [-0.2, -0.15) is 0 Å². The van der Waals surface area contributed by atoms with E-state index in [2.05, 4.69) is 0 Å². The van der Waals surface area contributed by atoms with Crippen LogP contribution in [0.2, 0.25) is 0 Å². The van der Waals surface area contributed by atoms with Crippen LogP contribution >= 0.6 is 18.2 Å². The van der Waals surface area contributed by atoms with Crippen LogP contribution in [0.3, 0.4) is 0 Å². The monoisotopic (exact) mass is 274 g/mol. The highest BCUT2D eigenvalue weighted by molar-refractivity contribution is 7.81. The molecule has 0 spiro atoms. The van der Waals surface area contributed by atoms with Gasteiger partial charge < -0.3 is 0 Å². The molecule has 94 valence electrons. The first kappa shape index (κ1) is 13.1. The first-order chi connectivity index (χ1) is 7.80. The summed E-state index contributed by atoms with van der Waals surface area (Å²) < 4.78 is 22.2. The normalized spacial score (nSPS) is 32.4. The smallest absolute Gasteiger partial charge is 0.296 e. The predicted octanol–water partition coefficient (Wildman–Crippen LogP) is 4.46. The van der Waals surface area contributed by atoms with Crippen LogP contribution in [0, 0.1) is 12.3 Å². The zero-order chi connectivity index (χ0) is 12.7. The third-order valence-corrected chi connectivity index (χ3v) is 4.34. The summed E-state index contributed by atoms with van der Waals surface area (Å²) in [6.45, 7) is 2.93. The van der Waals surface area contributed by atoms with Gasteiger partial charge in [-0.05, 0) is 12.5 Å². The molecular formula is C12H16ClO3P. The quantitative estimate of drug-likeness (QED) is 0.710. The van der Waals surface area contributed by atoms with Crippen LogP contribution in [-0.4, -0.2) is 6.61 Å². The lowest BCUT2D eigenvalue weighted by molar-refractivity contribution is -0.0203. The molecular weight excluding hydrogens is 259 g/mol. The first-order valence-electron chi connectivity index (χ1n) is 5.49. The van der Waals surface area contributed by atoms with Crippen molar-refractivity contribution in [3.05, 3.63) is 35.4 Å². The van der Waals surface area contributed by atoms with Crippen molar-refractivity contribution in [2.75, 3.05) is 6.61 Å². The number of halogens is 1. The Bertz CT molecular complexity index is 455. The van der Waals surface area contributed by atoms with Crippen LogP contribution in [0.4, 0.5) is 0 Å². The molecule has 17 heavy (non-hydrogen) atoms. The van der Waals surface area contributed by atoms with Crippen molar-refractivity contribution in [2.24, 2.45) is 5.41 Å². The van der Waals surface area contributed by atoms with Gasteiger partial charge in [-0.1, -0.05) is 43.7 Å². The molecule has 1 fully saturated rings. The van der Waals surface area contributed by atoms with Crippen molar-refractivity contribution in [1.29, 1.82) is 0 Å². The van der Waals surface area contributed by atoms with Crippen molar-refractivity contribution >= 4 is 18.2 Å². The van der Waals surface area contributed by atoms with E-state index in [1.807, 2.05) is 45.0 Å². The van der Waals surface area contributed by atoms with E-state index in [-0.39, 0.29) is 11.5 Å². The SMILES string of the molecule is Cc1ccc(C2OP(=O)(Cl)OCC2(C)C)cc1. The van der Waals surface area contributed by atoms with Gasteiger partial charge in [0.2, 0.25) is 0 Å². The summed E-state index contributed by atoms with van der Waals surface area (Å²) in [6.07, 6.45) is -0.305. The summed E-state index contributed by atoms with van der Waals surface area (Å²) in [5.74, 6) is 0. The van der Waals surface area contributed by atoms with Gasteiger partial charge in [0, 0.05) is 16.7 Å². The molecule has 0 N–H and O–H groups in total. The van der Waals surface area contributed by atoms with Crippen LogP contribution in [0.25, 0.3) is 0 Å². The van der Waals surface area contributed by atoms with Gasteiger partial charge in [-0.25, -0.2) is 4.57 Å². The van der Waals surface area contributed by atoms with Crippen LogP contribution in [0.1, 0.15) is 31.1 Å². The average Bonchev–Trinajstić information content (AvgIpc) is 2.24. The van der Waals surface area contributed by atoms with Crippen molar-refractivity contribution in [3.63, 3.8) is 0 Å². The molecule has 0 aliphatic carbocycles. The maximum absolute atomic E-state index is 11.7. The Morgan fingerprint density at radius 1 is 1.35 bits per heavy atom. The third kappa shape index (κ3) is 2.92. The lowest BCUT2D eigenvalue weighted by atomic mass is 9.83. The molecule has 1 aromatic rings. The zero-order valence-electron chi connectivity index (χ0n) is 10.1. The van der Waals surface area contributed by atoms with E-state index in [9.17, 15) is 4.57 Å². The van der Waals surface area contributed by atoms with Crippen molar-refractivity contribution in [3.8, 4) is 0 Å². The van der Waals surface area contributed by atoms with E-state index in [4.69, 9.17) is 20.3 Å². The molecule has 1 saturated heterocycles. The molecule has 1 aliphatic rings. The number of hydrogen-bond donors (Lipinski definition) is 0. The summed E-state index contributed by atoms with van der Waals surface area (Å²) in [5, 5.41) is 0. The van der Waals surface area contributed by atoms with Gasteiger partial charge in [0.1, 0.15) is 6.10 Å². The fourth-order valence-corrected chi connectivity index (χ4v) is 3.46. The Labute approximate surface area is 106 Å². The lowest BCUT2D eigenvalue weighted by Crippen LogP contribution is -2.32. The van der Waals surface area contributed by atoms with E-state index in [1.54, 1.807) is 0 Å². The van der Waals surface area contributed by atoms with E-state index in [0.29, 0.717) is 6.61 Å². The standard InChI is InChI=1S/C12H16ClO3P/c1-9-4-6-10(7-5-9)11-12(2,3)8-15-17(13,14)16-11/h4-7,11H,8H2,1-3H3. The molecule has 2 rings (SSSR count).